The fourth-order valence-electron chi connectivity index (χ4n) is 4.08. The van der Waals surface area contributed by atoms with Crippen molar-refractivity contribution in [3.63, 3.8) is 0 Å². The van der Waals surface area contributed by atoms with Gasteiger partial charge in [0, 0.05) is 24.5 Å². The molecule has 1 unspecified atom stereocenters. The van der Waals surface area contributed by atoms with E-state index in [0.717, 1.165) is 33.7 Å². The third kappa shape index (κ3) is 8.71. The zero-order valence-electron chi connectivity index (χ0n) is 22.2. The van der Waals surface area contributed by atoms with Gasteiger partial charge in [0.25, 0.3) is 0 Å². The highest BCUT2D eigenvalue weighted by atomic mass is 35.5. The minimum absolute atomic E-state index is 0.0883. The van der Waals surface area contributed by atoms with Crippen LogP contribution < -0.4 is 9.62 Å². The molecule has 0 aliphatic carbocycles. The summed E-state index contributed by atoms with van der Waals surface area (Å²) in [6.07, 6.45) is 1.98. The highest BCUT2D eigenvalue weighted by Crippen LogP contribution is 2.31. The van der Waals surface area contributed by atoms with Crippen LogP contribution >= 0.6 is 23.2 Å². The molecule has 0 saturated heterocycles. The topological polar surface area (TPSA) is 86.8 Å². The summed E-state index contributed by atoms with van der Waals surface area (Å²) in [4.78, 5) is 28.9. The minimum atomic E-state index is -3.94. The van der Waals surface area contributed by atoms with E-state index in [2.05, 4.69) is 5.32 Å². The van der Waals surface area contributed by atoms with Gasteiger partial charge in [-0.05, 0) is 42.7 Å². The van der Waals surface area contributed by atoms with Gasteiger partial charge in [0.15, 0.2) is 0 Å². The number of halogens is 2. The van der Waals surface area contributed by atoms with E-state index in [1.54, 1.807) is 0 Å². The molecule has 3 aromatic carbocycles. The third-order valence-corrected chi connectivity index (χ3v) is 7.83. The van der Waals surface area contributed by atoms with E-state index in [9.17, 15) is 18.0 Å². The second-order valence-electron chi connectivity index (χ2n) is 9.37. The van der Waals surface area contributed by atoms with Gasteiger partial charge in [0.2, 0.25) is 21.8 Å². The molecular formula is C29H33Cl2N3O4S. The number of amides is 2. The molecule has 3 rings (SSSR count). The van der Waals surface area contributed by atoms with Crippen molar-refractivity contribution in [3.05, 3.63) is 99.5 Å². The molecule has 0 saturated carbocycles. The first-order valence-electron chi connectivity index (χ1n) is 12.6. The molecule has 7 nitrogen and oxygen atoms in total. The van der Waals surface area contributed by atoms with Crippen LogP contribution in [-0.2, 0) is 32.6 Å². The van der Waals surface area contributed by atoms with Crippen molar-refractivity contribution in [3.8, 4) is 0 Å². The van der Waals surface area contributed by atoms with Crippen LogP contribution in [-0.4, -0.2) is 50.5 Å². The average molecular weight is 591 g/mol. The Hall–Kier alpha value is -3.07. The van der Waals surface area contributed by atoms with Crippen molar-refractivity contribution in [1.82, 2.24) is 10.2 Å². The second kappa shape index (κ2) is 13.8. The summed E-state index contributed by atoms with van der Waals surface area (Å²) >= 11 is 12.5. The predicted molar refractivity (Wildman–Crippen MR) is 158 cm³/mol. The van der Waals surface area contributed by atoms with Crippen molar-refractivity contribution in [2.45, 2.75) is 39.3 Å². The lowest BCUT2D eigenvalue weighted by Gasteiger charge is -2.33. The molecule has 208 valence electrons. The van der Waals surface area contributed by atoms with E-state index in [4.69, 9.17) is 23.2 Å². The van der Waals surface area contributed by atoms with Crippen LogP contribution in [0, 0.1) is 6.92 Å². The molecular weight excluding hydrogens is 557 g/mol. The molecule has 1 atom stereocenters. The first-order valence-corrected chi connectivity index (χ1v) is 15.2. The summed E-state index contributed by atoms with van der Waals surface area (Å²) in [5, 5.41) is 3.31. The van der Waals surface area contributed by atoms with Gasteiger partial charge >= 0.3 is 0 Å². The van der Waals surface area contributed by atoms with Crippen molar-refractivity contribution >= 4 is 50.7 Å². The Morgan fingerprint density at radius 1 is 0.949 bits per heavy atom. The van der Waals surface area contributed by atoms with Gasteiger partial charge in [-0.1, -0.05) is 90.3 Å². The van der Waals surface area contributed by atoms with Crippen LogP contribution in [0.3, 0.4) is 0 Å². The molecule has 0 heterocycles. The maximum atomic E-state index is 14.0. The summed E-state index contributed by atoms with van der Waals surface area (Å²) < 4.78 is 26.6. The predicted octanol–water partition coefficient (Wildman–Crippen LogP) is 5.23. The number of carbonyl (C=O) groups excluding carboxylic acids is 2. The highest BCUT2D eigenvalue weighted by Gasteiger charge is 2.33. The number of nitrogens with zero attached hydrogens (tertiary/aromatic N) is 2. The quantitative estimate of drug-likeness (QED) is 0.313. The molecule has 0 aliphatic heterocycles. The van der Waals surface area contributed by atoms with E-state index in [0.29, 0.717) is 6.54 Å². The van der Waals surface area contributed by atoms with Crippen LogP contribution in [0.4, 0.5) is 5.69 Å². The summed E-state index contributed by atoms with van der Waals surface area (Å²) in [6.45, 7) is 3.90. The second-order valence-corrected chi connectivity index (χ2v) is 12.1. The number of carbonyl (C=O) groups is 2. The number of rotatable bonds is 12. The van der Waals surface area contributed by atoms with Gasteiger partial charge in [0.05, 0.1) is 17.0 Å². The van der Waals surface area contributed by atoms with Gasteiger partial charge < -0.3 is 10.2 Å². The normalized spacial score (nSPS) is 12.0. The molecule has 0 fully saturated rings. The Morgan fingerprint density at radius 3 is 2.23 bits per heavy atom. The number of benzene rings is 3. The molecule has 0 bridgehead atoms. The lowest BCUT2D eigenvalue weighted by atomic mass is 10.0. The van der Waals surface area contributed by atoms with Crippen LogP contribution in [0.1, 0.15) is 30.0 Å². The summed E-state index contributed by atoms with van der Waals surface area (Å²) in [5.74, 6) is -0.863. The maximum Gasteiger partial charge on any atom is 0.244 e. The van der Waals surface area contributed by atoms with E-state index in [-0.39, 0.29) is 34.6 Å². The first-order chi connectivity index (χ1) is 18.5. The van der Waals surface area contributed by atoms with E-state index in [1.165, 1.54) is 23.1 Å². The number of nitrogens with one attached hydrogen (secondary N) is 1. The van der Waals surface area contributed by atoms with Crippen LogP contribution in [0.2, 0.25) is 10.0 Å². The van der Waals surface area contributed by atoms with Gasteiger partial charge in [-0.25, -0.2) is 8.42 Å². The lowest BCUT2D eigenvalue weighted by molar-refractivity contribution is -0.140. The van der Waals surface area contributed by atoms with Gasteiger partial charge in [0.1, 0.15) is 12.6 Å². The first kappa shape index (κ1) is 30.5. The Morgan fingerprint density at radius 2 is 1.62 bits per heavy atom. The fraction of sp³-hybridized carbons (Fsp3) is 0.310. The van der Waals surface area contributed by atoms with Crippen molar-refractivity contribution < 1.29 is 18.0 Å². The Labute approximate surface area is 240 Å². The average Bonchev–Trinajstić information content (AvgIpc) is 2.90. The van der Waals surface area contributed by atoms with Crippen molar-refractivity contribution in [2.75, 3.05) is 23.7 Å². The molecule has 1 N–H and O–H groups in total. The number of anilines is 1. The number of aryl methyl sites for hydroxylation is 1. The monoisotopic (exact) mass is 589 g/mol. The number of sulfonamides is 1. The molecule has 2 amide bonds. The molecule has 10 heteroatoms. The van der Waals surface area contributed by atoms with Gasteiger partial charge in [-0.15, -0.1) is 0 Å². The van der Waals surface area contributed by atoms with Crippen molar-refractivity contribution in [1.29, 1.82) is 0 Å². The summed E-state index contributed by atoms with van der Waals surface area (Å²) in [7, 11) is -3.94. The third-order valence-electron chi connectivity index (χ3n) is 6.15. The van der Waals surface area contributed by atoms with E-state index >= 15 is 0 Å². The SMILES string of the molecule is CCCNC(=O)C(Cc1ccccc1)N(Cc1ccc(C)cc1)C(=O)CN(c1cc(Cl)ccc1Cl)S(C)(=O)=O. The smallest absolute Gasteiger partial charge is 0.244 e. The van der Waals surface area contributed by atoms with Crippen LogP contribution in [0.15, 0.2) is 72.8 Å². The molecule has 39 heavy (non-hydrogen) atoms. The Kier molecular flexibility index (Phi) is 10.8. The maximum absolute atomic E-state index is 14.0. The van der Waals surface area contributed by atoms with Gasteiger partial charge in [-0.2, -0.15) is 0 Å². The van der Waals surface area contributed by atoms with E-state index in [1.807, 2.05) is 68.4 Å². The highest BCUT2D eigenvalue weighted by molar-refractivity contribution is 7.92. The standard InChI is InChI=1S/C29H33Cl2N3O4S/c1-4-16-32-29(36)27(17-22-8-6-5-7-9-22)33(19-23-12-10-21(2)11-13-23)28(35)20-34(39(3,37)38)26-18-24(30)14-15-25(26)31/h5-15,18,27H,4,16-17,19-20H2,1-3H3,(H,32,36). The zero-order chi connectivity index (χ0) is 28.6. The minimum Gasteiger partial charge on any atom is -0.354 e. The van der Waals surface area contributed by atoms with Gasteiger partial charge in [-0.3, -0.25) is 13.9 Å². The van der Waals surface area contributed by atoms with Crippen molar-refractivity contribution in [2.24, 2.45) is 0 Å². The molecule has 0 aromatic heterocycles. The van der Waals surface area contributed by atoms with Crippen LogP contribution in [0.5, 0.6) is 0 Å². The molecule has 0 aliphatic rings. The van der Waals surface area contributed by atoms with Crippen LogP contribution in [0.25, 0.3) is 0 Å². The molecule has 0 spiro atoms. The number of hydrogen-bond donors (Lipinski definition) is 1. The Bertz CT molecular complexity index is 1380. The van der Waals surface area contributed by atoms with E-state index < -0.39 is 28.5 Å². The largest absolute Gasteiger partial charge is 0.354 e. The lowest BCUT2D eigenvalue weighted by Crippen LogP contribution is -2.53. The zero-order valence-corrected chi connectivity index (χ0v) is 24.6. The molecule has 0 radical (unpaired) electrons. The summed E-state index contributed by atoms with van der Waals surface area (Å²) in [5.41, 5.74) is 2.82. The Balaban J connectivity index is 2.06. The summed E-state index contributed by atoms with van der Waals surface area (Å²) in [6, 6.07) is 20.6. The number of hydrogen-bond acceptors (Lipinski definition) is 4. The fourth-order valence-corrected chi connectivity index (χ4v) is 5.37. The molecule has 3 aromatic rings.